The fourth-order valence-corrected chi connectivity index (χ4v) is 2.15. The van der Waals surface area contributed by atoms with Gasteiger partial charge in [-0.05, 0) is 20.8 Å². The van der Waals surface area contributed by atoms with Gasteiger partial charge in [-0.1, -0.05) is 11.8 Å². The molecule has 18 heavy (non-hydrogen) atoms. The van der Waals surface area contributed by atoms with Crippen LogP contribution >= 0.6 is 11.8 Å². The standard InChI is InChI=1S/C12H16N4OS/c1-4-13-11-6-14-10(5-15-11)7-18-12-16-8(2)9(3)17-12/h5-6H,4,7H2,1-3H3,(H,13,15). The minimum atomic E-state index is 0.683. The zero-order valence-electron chi connectivity index (χ0n) is 10.7. The lowest BCUT2D eigenvalue weighted by Crippen LogP contribution is -2.00. The SMILES string of the molecule is CCNc1cnc(CSc2nc(C)c(C)o2)cn1. The third-order valence-corrected chi connectivity index (χ3v) is 3.28. The highest BCUT2D eigenvalue weighted by Gasteiger charge is 2.07. The van der Waals surface area contributed by atoms with Crippen LogP contribution in [-0.2, 0) is 5.75 Å². The van der Waals surface area contributed by atoms with Crippen LogP contribution in [0.1, 0.15) is 24.1 Å². The molecule has 0 fully saturated rings. The zero-order valence-corrected chi connectivity index (χ0v) is 11.5. The van der Waals surface area contributed by atoms with E-state index in [2.05, 4.69) is 20.3 Å². The smallest absolute Gasteiger partial charge is 0.256 e. The van der Waals surface area contributed by atoms with Gasteiger partial charge in [0.05, 0.1) is 23.8 Å². The van der Waals surface area contributed by atoms with E-state index < -0.39 is 0 Å². The van der Waals surface area contributed by atoms with E-state index in [0.717, 1.165) is 29.5 Å². The predicted molar refractivity (Wildman–Crippen MR) is 71.7 cm³/mol. The fraction of sp³-hybridized carbons (Fsp3) is 0.417. The maximum atomic E-state index is 5.49. The van der Waals surface area contributed by atoms with E-state index in [0.29, 0.717) is 11.0 Å². The maximum absolute atomic E-state index is 5.49. The van der Waals surface area contributed by atoms with Crippen LogP contribution in [-0.4, -0.2) is 21.5 Å². The number of rotatable bonds is 5. The van der Waals surface area contributed by atoms with Crippen LogP contribution < -0.4 is 5.32 Å². The summed E-state index contributed by atoms with van der Waals surface area (Å²) in [6.07, 6.45) is 3.51. The Balaban J connectivity index is 1.93. The number of hydrogen-bond donors (Lipinski definition) is 1. The van der Waals surface area contributed by atoms with Crippen molar-refractivity contribution in [2.75, 3.05) is 11.9 Å². The van der Waals surface area contributed by atoms with Gasteiger partial charge < -0.3 is 9.73 Å². The van der Waals surface area contributed by atoms with Gasteiger partial charge in [-0.15, -0.1) is 0 Å². The molecule has 0 aliphatic heterocycles. The molecule has 0 radical (unpaired) electrons. The van der Waals surface area contributed by atoms with E-state index in [9.17, 15) is 0 Å². The summed E-state index contributed by atoms with van der Waals surface area (Å²) in [5, 5.41) is 3.79. The topological polar surface area (TPSA) is 63.8 Å². The molecule has 0 unspecified atom stereocenters. The van der Waals surface area contributed by atoms with Crippen LogP contribution in [0.25, 0.3) is 0 Å². The van der Waals surface area contributed by atoms with Crippen molar-refractivity contribution in [2.24, 2.45) is 0 Å². The zero-order chi connectivity index (χ0) is 13.0. The molecular formula is C12H16N4OS. The third-order valence-electron chi connectivity index (χ3n) is 2.42. The number of thioether (sulfide) groups is 1. The summed E-state index contributed by atoms with van der Waals surface area (Å²) >= 11 is 1.53. The molecule has 0 aromatic carbocycles. The fourth-order valence-electron chi connectivity index (χ4n) is 1.34. The first-order chi connectivity index (χ1) is 8.69. The molecule has 6 heteroatoms. The Hall–Kier alpha value is -1.56. The van der Waals surface area contributed by atoms with E-state index in [1.165, 1.54) is 11.8 Å². The van der Waals surface area contributed by atoms with Gasteiger partial charge in [0, 0.05) is 12.3 Å². The molecule has 2 heterocycles. The van der Waals surface area contributed by atoms with Gasteiger partial charge in [0.25, 0.3) is 5.22 Å². The maximum Gasteiger partial charge on any atom is 0.256 e. The van der Waals surface area contributed by atoms with Gasteiger partial charge in [-0.25, -0.2) is 9.97 Å². The highest BCUT2D eigenvalue weighted by molar-refractivity contribution is 7.98. The highest BCUT2D eigenvalue weighted by atomic mass is 32.2. The van der Waals surface area contributed by atoms with Gasteiger partial charge >= 0.3 is 0 Å². The van der Waals surface area contributed by atoms with Crippen LogP contribution in [0.5, 0.6) is 0 Å². The van der Waals surface area contributed by atoms with Crippen molar-refractivity contribution in [2.45, 2.75) is 31.7 Å². The molecule has 0 atom stereocenters. The Bertz CT molecular complexity index is 490. The molecule has 1 N–H and O–H groups in total. The summed E-state index contributed by atoms with van der Waals surface area (Å²) in [4.78, 5) is 12.9. The van der Waals surface area contributed by atoms with Gasteiger partial charge in [0.15, 0.2) is 0 Å². The monoisotopic (exact) mass is 264 g/mol. The second kappa shape index (κ2) is 5.86. The molecular weight excluding hydrogens is 248 g/mol. The molecule has 2 aromatic rings. The largest absolute Gasteiger partial charge is 0.437 e. The number of aryl methyl sites for hydroxylation is 2. The second-order valence-corrected chi connectivity index (χ2v) is 4.76. The number of hydrogen-bond acceptors (Lipinski definition) is 6. The second-order valence-electron chi connectivity index (χ2n) is 3.83. The highest BCUT2D eigenvalue weighted by Crippen LogP contribution is 2.23. The number of oxazole rings is 1. The lowest BCUT2D eigenvalue weighted by molar-refractivity contribution is 0.431. The first-order valence-electron chi connectivity index (χ1n) is 5.80. The number of anilines is 1. The van der Waals surface area contributed by atoms with Gasteiger partial charge in [0.2, 0.25) is 0 Å². The van der Waals surface area contributed by atoms with Crippen molar-refractivity contribution in [3.63, 3.8) is 0 Å². The lowest BCUT2D eigenvalue weighted by Gasteiger charge is -2.02. The van der Waals surface area contributed by atoms with Crippen LogP contribution in [0.3, 0.4) is 0 Å². The van der Waals surface area contributed by atoms with Crippen molar-refractivity contribution < 1.29 is 4.42 Å². The Morgan fingerprint density at radius 2 is 2.11 bits per heavy atom. The normalized spacial score (nSPS) is 10.6. The summed E-state index contributed by atoms with van der Waals surface area (Å²) in [6.45, 7) is 6.72. The number of aromatic nitrogens is 3. The third kappa shape index (κ3) is 3.22. The quantitative estimate of drug-likeness (QED) is 0.838. The van der Waals surface area contributed by atoms with E-state index >= 15 is 0 Å². The molecule has 96 valence electrons. The molecule has 0 saturated heterocycles. The summed E-state index contributed by atoms with van der Waals surface area (Å²) in [5.41, 5.74) is 1.85. The van der Waals surface area contributed by atoms with Gasteiger partial charge in [-0.2, -0.15) is 0 Å². The number of nitrogens with one attached hydrogen (secondary N) is 1. The van der Waals surface area contributed by atoms with E-state index in [-0.39, 0.29) is 0 Å². The molecule has 0 saturated carbocycles. The molecule has 2 aromatic heterocycles. The predicted octanol–water partition coefficient (Wildman–Crippen LogP) is 2.81. The molecule has 2 rings (SSSR count). The van der Waals surface area contributed by atoms with E-state index in [1.54, 1.807) is 12.4 Å². The van der Waals surface area contributed by atoms with Crippen molar-refractivity contribution >= 4 is 17.6 Å². The van der Waals surface area contributed by atoms with Gasteiger partial charge in [-0.3, -0.25) is 4.98 Å². The summed E-state index contributed by atoms with van der Waals surface area (Å²) in [5.74, 6) is 2.37. The lowest BCUT2D eigenvalue weighted by atomic mass is 10.4. The first kappa shape index (κ1) is 12.9. The van der Waals surface area contributed by atoms with Crippen LogP contribution in [0.15, 0.2) is 22.0 Å². The average Bonchev–Trinajstić information content (AvgIpc) is 2.68. The minimum absolute atomic E-state index is 0.683. The van der Waals surface area contributed by atoms with Crippen molar-refractivity contribution in [1.29, 1.82) is 0 Å². The molecule has 5 nitrogen and oxygen atoms in total. The number of nitrogens with zero attached hydrogens (tertiary/aromatic N) is 3. The Morgan fingerprint density at radius 1 is 1.28 bits per heavy atom. The summed E-state index contributed by atoms with van der Waals surface area (Å²) in [6, 6.07) is 0. The molecule has 0 amide bonds. The van der Waals surface area contributed by atoms with Crippen LogP contribution in [0.2, 0.25) is 0 Å². The Kier molecular flexibility index (Phi) is 4.19. The first-order valence-corrected chi connectivity index (χ1v) is 6.79. The molecule has 0 spiro atoms. The molecule has 0 aliphatic carbocycles. The van der Waals surface area contributed by atoms with E-state index in [1.807, 2.05) is 20.8 Å². The van der Waals surface area contributed by atoms with Crippen molar-refractivity contribution in [3.8, 4) is 0 Å². The Morgan fingerprint density at radius 3 is 2.67 bits per heavy atom. The van der Waals surface area contributed by atoms with Crippen molar-refractivity contribution in [3.05, 3.63) is 29.5 Å². The van der Waals surface area contributed by atoms with Gasteiger partial charge in [0.1, 0.15) is 11.6 Å². The Labute approximate surface area is 110 Å². The van der Waals surface area contributed by atoms with Crippen LogP contribution in [0, 0.1) is 13.8 Å². The minimum Gasteiger partial charge on any atom is -0.437 e. The molecule has 0 aliphatic rings. The van der Waals surface area contributed by atoms with E-state index in [4.69, 9.17) is 4.42 Å². The molecule has 0 bridgehead atoms. The van der Waals surface area contributed by atoms with Crippen molar-refractivity contribution in [1.82, 2.24) is 15.0 Å². The summed E-state index contributed by atoms with van der Waals surface area (Å²) in [7, 11) is 0. The van der Waals surface area contributed by atoms with Crippen LogP contribution in [0.4, 0.5) is 5.82 Å². The summed E-state index contributed by atoms with van der Waals surface area (Å²) < 4.78 is 5.49. The average molecular weight is 264 g/mol.